The highest BCUT2D eigenvalue weighted by molar-refractivity contribution is 7.14. The van der Waals surface area contributed by atoms with Crippen molar-refractivity contribution in [3.05, 3.63) is 62.6 Å². The summed E-state index contributed by atoms with van der Waals surface area (Å²) in [6, 6.07) is 4.99. The number of aliphatic hydroxyl groups is 1. The molecular formula is C21H25FN3O3S+. The Morgan fingerprint density at radius 2 is 2.07 bits per heavy atom. The first-order chi connectivity index (χ1) is 13.7. The molecule has 0 bridgehead atoms. The number of quaternary nitrogens is 1. The van der Waals surface area contributed by atoms with Gasteiger partial charge in [-0.25, -0.2) is 9.37 Å². The molecule has 0 fully saturated rings. The molecule has 8 heteroatoms. The summed E-state index contributed by atoms with van der Waals surface area (Å²) >= 11 is 1.22. The number of carbonyl (C=O) groups is 2. The summed E-state index contributed by atoms with van der Waals surface area (Å²) in [6.45, 7) is 4.69. The third-order valence-corrected chi connectivity index (χ3v) is 5.97. The summed E-state index contributed by atoms with van der Waals surface area (Å²) < 4.78 is 13.9. The lowest BCUT2D eigenvalue weighted by molar-refractivity contribution is -0.858. The Labute approximate surface area is 173 Å². The molecule has 1 aliphatic rings. The summed E-state index contributed by atoms with van der Waals surface area (Å²) in [6.07, 6.45) is 0.688. The van der Waals surface area contributed by atoms with Crippen molar-refractivity contribution in [1.82, 2.24) is 9.88 Å². The second kappa shape index (κ2) is 8.42. The van der Waals surface area contributed by atoms with Crippen LogP contribution in [0.25, 0.3) is 0 Å². The molecule has 1 aromatic carbocycles. The van der Waals surface area contributed by atoms with Gasteiger partial charge in [-0.1, -0.05) is 12.1 Å². The number of hydrogen-bond donors (Lipinski definition) is 2. The molecule has 29 heavy (non-hydrogen) atoms. The van der Waals surface area contributed by atoms with Gasteiger partial charge >= 0.3 is 0 Å². The standard InChI is InChI=1S/C21H24FN3O3S/c1-12-20(29-13(2)23-12)18(26)16-17(14-7-5-8-15(22)11-14)25(21(28)19(16)27)10-6-9-24(3)4/h5,7-8,11,17,27H,6,9-10H2,1-4H3/p+1/t17-/m1/s1. The Morgan fingerprint density at radius 1 is 1.34 bits per heavy atom. The summed E-state index contributed by atoms with van der Waals surface area (Å²) in [4.78, 5) is 33.5. The lowest BCUT2D eigenvalue weighted by Crippen LogP contribution is -3.05. The van der Waals surface area contributed by atoms with Crippen molar-refractivity contribution >= 4 is 23.0 Å². The van der Waals surface area contributed by atoms with Gasteiger partial charge in [0.25, 0.3) is 5.91 Å². The summed E-state index contributed by atoms with van der Waals surface area (Å²) in [5, 5.41) is 11.3. The van der Waals surface area contributed by atoms with Crippen molar-refractivity contribution in [2.24, 2.45) is 0 Å². The highest BCUT2D eigenvalue weighted by atomic mass is 32.1. The van der Waals surface area contributed by atoms with Crippen LogP contribution in [0.2, 0.25) is 0 Å². The van der Waals surface area contributed by atoms with Gasteiger partial charge in [0, 0.05) is 13.0 Å². The van der Waals surface area contributed by atoms with Gasteiger partial charge in [-0.2, -0.15) is 0 Å². The maximum Gasteiger partial charge on any atom is 0.290 e. The van der Waals surface area contributed by atoms with Gasteiger partial charge in [0.1, 0.15) is 5.82 Å². The Kier molecular flexibility index (Phi) is 6.14. The van der Waals surface area contributed by atoms with Crippen LogP contribution in [0.15, 0.2) is 35.6 Å². The van der Waals surface area contributed by atoms with Crippen LogP contribution in [-0.4, -0.2) is 53.9 Å². The Balaban J connectivity index is 2.05. The number of rotatable bonds is 7. The van der Waals surface area contributed by atoms with Gasteiger partial charge in [0.2, 0.25) is 5.78 Å². The fraction of sp³-hybridized carbons (Fsp3) is 0.381. The molecule has 0 saturated heterocycles. The van der Waals surface area contributed by atoms with Crippen molar-refractivity contribution < 1.29 is 24.0 Å². The first-order valence-corrected chi connectivity index (χ1v) is 10.3. The fourth-order valence-corrected chi connectivity index (χ4v) is 4.48. The Hall–Kier alpha value is -2.58. The molecule has 154 valence electrons. The lowest BCUT2D eigenvalue weighted by atomic mass is 9.95. The second-order valence-electron chi connectivity index (χ2n) is 7.51. The maximum absolute atomic E-state index is 13.9. The van der Waals surface area contributed by atoms with E-state index in [-0.39, 0.29) is 5.57 Å². The largest absolute Gasteiger partial charge is 0.503 e. The third-order valence-electron chi connectivity index (χ3n) is 4.90. The predicted molar refractivity (Wildman–Crippen MR) is 109 cm³/mol. The molecule has 0 saturated carbocycles. The molecule has 0 radical (unpaired) electrons. The average molecular weight is 419 g/mol. The topological polar surface area (TPSA) is 74.9 Å². The third kappa shape index (κ3) is 4.23. The fourth-order valence-electron chi connectivity index (χ4n) is 3.61. The highest BCUT2D eigenvalue weighted by Crippen LogP contribution is 2.40. The molecule has 0 aliphatic carbocycles. The van der Waals surface area contributed by atoms with Gasteiger partial charge in [-0.05, 0) is 31.5 Å². The number of aromatic nitrogens is 1. The first-order valence-electron chi connectivity index (χ1n) is 9.48. The zero-order valence-corrected chi connectivity index (χ0v) is 17.8. The molecule has 3 rings (SSSR count). The van der Waals surface area contributed by atoms with Gasteiger partial charge in [0.15, 0.2) is 5.76 Å². The molecule has 0 unspecified atom stereocenters. The number of amides is 1. The van der Waals surface area contributed by atoms with Crippen molar-refractivity contribution in [3.8, 4) is 0 Å². The summed E-state index contributed by atoms with van der Waals surface area (Å²) in [5.41, 5.74) is 1.00. The van der Waals surface area contributed by atoms with E-state index in [1.165, 1.54) is 39.3 Å². The molecule has 1 amide bonds. The van der Waals surface area contributed by atoms with Crippen LogP contribution in [0, 0.1) is 19.7 Å². The number of benzene rings is 1. The molecule has 0 spiro atoms. The number of aryl methyl sites for hydroxylation is 2. The molecule has 1 atom stereocenters. The van der Waals surface area contributed by atoms with Gasteiger partial charge in [-0.3, -0.25) is 9.59 Å². The smallest absolute Gasteiger partial charge is 0.290 e. The SMILES string of the molecule is Cc1nc(C)c(C(=O)C2=C(O)C(=O)N(CCC[NH+](C)C)[C@@H]2c2cccc(F)c2)s1. The van der Waals surface area contributed by atoms with E-state index >= 15 is 0 Å². The van der Waals surface area contributed by atoms with E-state index in [0.29, 0.717) is 29.1 Å². The number of halogens is 1. The van der Waals surface area contributed by atoms with Gasteiger partial charge in [-0.15, -0.1) is 11.3 Å². The van der Waals surface area contributed by atoms with E-state index in [4.69, 9.17) is 0 Å². The number of hydrogen-bond acceptors (Lipinski definition) is 5. The quantitative estimate of drug-likeness (QED) is 0.675. The number of carbonyl (C=O) groups excluding carboxylic acids is 2. The van der Waals surface area contributed by atoms with Crippen molar-refractivity contribution in [3.63, 3.8) is 0 Å². The van der Waals surface area contributed by atoms with Gasteiger partial charge in [0.05, 0.1) is 47.8 Å². The van der Waals surface area contributed by atoms with E-state index in [1.54, 1.807) is 19.9 Å². The van der Waals surface area contributed by atoms with Crippen LogP contribution < -0.4 is 4.90 Å². The van der Waals surface area contributed by atoms with E-state index in [2.05, 4.69) is 4.98 Å². The van der Waals surface area contributed by atoms with Crippen LogP contribution >= 0.6 is 11.3 Å². The molecular weight excluding hydrogens is 393 g/mol. The number of aliphatic hydroxyl groups excluding tert-OH is 1. The summed E-state index contributed by atoms with van der Waals surface area (Å²) in [5.74, 6) is -2.06. The zero-order chi connectivity index (χ0) is 21.3. The minimum Gasteiger partial charge on any atom is -0.503 e. The molecule has 2 heterocycles. The number of thiazole rings is 1. The monoisotopic (exact) mass is 418 g/mol. The Bertz CT molecular complexity index is 983. The molecule has 2 aromatic rings. The molecule has 2 N–H and O–H groups in total. The zero-order valence-electron chi connectivity index (χ0n) is 17.0. The molecule has 1 aromatic heterocycles. The number of nitrogens with zero attached hydrogens (tertiary/aromatic N) is 2. The second-order valence-corrected chi connectivity index (χ2v) is 8.71. The number of ketones is 1. The normalized spacial score (nSPS) is 17.0. The lowest BCUT2D eigenvalue weighted by Gasteiger charge is -2.27. The maximum atomic E-state index is 13.9. The summed E-state index contributed by atoms with van der Waals surface area (Å²) in [7, 11) is 4.02. The highest BCUT2D eigenvalue weighted by Gasteiger charge is 2.44. The minimum atomic E-state index is -0.829. The van der Waals surface area contributed by atoms with E-state index in [0.717, 1.165) is 11.6 Å². The molecule has 1 aliphatic heterocycles. The minimum absolute atomic E-state index is 0.00968. The predicted octanol–water partition coefficient (Wildman–Crippen LogP) is 2.01. The average Bonchev–Trinajstić information content (AvgIpc) is 3.11. The Morgan fingerprint density at radius 3 is 2.66 bits per heavy atom. The van der Waals surface area contributed by atoms with Crippen LogP contribution in [0.4, 0.5) is 4.39 Å². The van der Waals surface area contributed by atoms with E-state index in [1.807, 2.05) is 14.1 Å². The van der Waals surface area contributed by atoms with E-state index < -0.39 is 29.3 Å². The van der Waals surface area contributed by atoms with E-state index in [9.17, 15) is 19.1 Å². The van der Waals surface area contributed by atoms with Crippen LogP contribution in [0.5, 0.6) is 0 Å². The van der Waals surface area contributed by atoms with Crippen LogP contribution in [-0.2, 0) is 4.79 Å². The first kappa shape index (κ1) is 21.1. The van der Waals surface area contributed by atoms with Gasteiger partial charge < -0.3 is 14.9 Å². The van der Waals surface area contributed by atoms with Crippen LogP contribution in [0.3, 0.4) is 0 Å². The number of nitrogens with one attached hydrogen (secondary N) is 1. The van der Waals surface area contributed by atoms with Crippen molar-refractivity contribution in [2.45, 2.75) is 26.3 Å². The number of Topliss-reactive ketones (excluding diaryl/α,β-unsaturated/α-hetero) is 1. The van der Waals surface area contributed by atoms with Crippen molar-refractivity contribution in [2.75, 3.05) is 27.2 Å². The van der Waals surface area contributed by atoms with Crippen LogP contribution in [0.1, 0.15) is 38.4 Å². The van der Waals surface area contributed by atoms with Crippen molar-refractivity contribution in [1.29, 1.82) is 0 Å². The molecule has 6 nitrogen and oxygen atoms in total.